The molecule has 0 aromatic heterocycles. The highest BCUT2D eigenvalue weighted by Crippen LogP contribution is 2.36. The van der Waals surface area contributed by atoms with E-state index in [9.17, 15) is 14.8 Å². The molecule has 2 atom stereocenters. The quantitative estimate of drug-likeness (QED) is 0.124. The van der Waals surface area contributed by atoms with E-state index in [2.05, 4.69) is 0 Å². The zero-order chi connectivity index (χ0) is 54.4. The predicted octanol–water partition coefficient (Wildman–Crippen LogP) is 6.36. The second kappa shape index (κ2) is 16.7. The van der Waals surface area contributed by atoms with Gasteiger partial charge in [0.1, 0.15) is 25.8 Å². The lowest BCUT2D eigenvalue weighted by molar-refractivity contribution is -0.869. The van der Waals surface area contributed by atoms with Crippen molar-refractivity contribution in [1.82, 2.24) is 5.32 Å². The molecule has 3 rings (SSSR count). The molecule has 0 radical (unpaired) electrons. The number of amides is 1. The molecule has 8 nitrogen and oxygen atoms in total. The van der Waals surface area contributed by atoms with Gasteiger partial charge in [-0.05, 0) is 30.4 Å². The van der Waals surface area contributed by atoms with Crippen LogP contribution in [0.25, 0.3) is 0 Å². The number of carbonyl (C=O) groups excluding carboxylic acids is 2. The largest absolute Gasteiger partial charge is 0.633 e. The molecule has 1 aromatic carbocycles. The van der Waals surface area contributed by atoms with Crippen molar-refractivity contribution in [2.75, 3.05) is 32.8 Å². The fraction of sp³-hybridized carbons (Fsp3) is 0.742. The first-order valence-electron chi connectivity index (χ1n) is 26.8. The minimum Gasteiger partial charge on any atom is -0.633 e. The van der Waals surface area contributed by atoms with E-state index in [0.29, 0.717) is 0 Å². The highest BCUT2D eigenvalue weighted by molar-refractivity contribution is 5.76. The van der Waals surface area contributed by atoms with Crippen LogP contribution >= 0.6 is 0 Å². The average molecular weight is 577 g/mol. The zero-order valence-electron chi connectivity index (χ0n) is 50.7. The van der Waals surface area contributed by atoms with Crippen LogP contribution in [0.15, 0.2) is 18.2 Å². The topological polar surface area (TPSA) is 96.9 Å². The van der Waals surface area contributed by atoms with Crippen LogP contribution < -0.4 is 14.8 Å². The lowest BCUT2D eigenvalue weighted by Gasteiger charge is -2.42. The van der Waals surface area contributed by atoms with E-state index in [1.54, 1.807) is 0 Å². The minimum atomic E-state index is -4.74. The first-order chi connectivity index (χ1) is 30.3. The van der Waals surface area contributed by atoms with Crippen LogP contribution in [-0.4, -0.2) is 55.4 Å². The van der Waals surface area contributed by atoms with Crippen LogP contribution in [0.5, 0.6) is 11.5 Å². The van der Waals surface area contributed by atoms with Gasteiger partial charge in [-0.3, -0.25) is 9.59 Å². The molecule has 1 N–H and O–H groups in total. The summed E-state index contributed by atoms with van der Waals surface area (Å²) < 4.78 is 258. The van der Waals surface area contributed by atoms with Crippen molar-refractivity contribution >= 4 is 11.9 Å². The van der Waals surface area contributed by atoms with Crippen molar-refractivity contribution in [1.29, 1.82) is 0 Å². The van der Waals surface area contributed by atoms with Crippen LogP contribution in [0.2, 0.25) is 0 Å². The molecule has 2 aliphatic heterocycles. The number of rotatable bonds is 18. The maximum atomic E-state index is 14.2. The summed E-state index contributed by atoms with van der Waals surface area (Å²) in [7, 11) is 0. The number of hydrogen-bond donors (Lipinski definition) is 1. The molecule has 1 saturated heterocycles. The molecule has 1 aromatic rings. The number of hydroxylamine groups is 3. The second-order valence-electron chi connectivity index (χ2n) is 8.20. The molecule has 1 amide bonds. The number of carbonyl (C=O) groups is 2. The van der Waals surface area contributed by atoms with Crippen molar-refractivity contribution < 1.29 is 69.6 Å². The maximum Gasteiger partial charge on any atom is 0.306 e. The summed E-state index contributed by atoms with van der Waals surface area (Å²) in [5, 5.41) is 15.9. The van der Waals surface area contributed by atoms with Gasteiger partial charge in [-0.25, -0.2) is 0 Å². The number of nitrogens with one attached hydrogen (secondary N) is 1. The van der Waals surface area contributed by atoms with E-state index in [-0.39, 0.29) is 50.6 Å². The third-order valence-electron chi connectivity index (χ3n) is 5.56. The number of ether oxygens (including phenoxy) is 3. The highest BCUT2D eigenvalue weighted by atomic mass is 16.6. The van der Waals surface area contributed by atoms with Crippen LogP contribution in [0.1, 0.15) is 156 Å². The Morgan fingerprint density at radius 3 is 2.31 bits per heavy atom. The monoisotopic (exact) mass is 577 g/mol. The lowest BCUT2D eigenvalue weighted by Crippen LogP contribution is -2.53. The summed E-state index contributed by atoms with van der Waals surface area (Å²) in [6.07, 6.45) is -57.1. The number of quaternary nitrogens is 1. The van der Waals surface area contributed by atoms with Gasteiger partial charge >= 0.3 is 5.97 Å². The number of esters is 1. The molecule has 0 aliphatic carbocycles. The Morgan fingerprint density at radius 2 is 1.62 bits per heavy atom. The Labute approximate surface area is 277 Å². The molecular formula is C31H50N2O6. The maximum absolute atomic E-state index is 14.2. The molecule has 0 spiro atoms. The van der Waals surface area contributed by atoms with Gasteiger partial charge in [0, 0.05) is 66.7 Å². The number of fused-ring (bicyclic) bond motifs is 1. The Hall–Kier alpha value is -2.32. The highest BCUT2D eigenvalue weighted by Gasteiger charge is 2.36. The number of benzene rings is 1. The Bertz CT molecular complexity index is 2060. The molecule has 2 aliphatic rings. The lowest BCUT2D eigenvalue weighted by atomic mass is 9.99. The third kappa shape index (κ3) is 10.6. The Morgan fingerprint density at radius 1 is 0.974 bits per heavy atom. The van der Waals surface area contributed by atoms with E-state index in [1.165, 1.54) is 0 Å². The van der Waals surface area contributed by atoms with Crippen LogP contribution in [-0.2, 0) is 14.3 Å². The summed E-state index contributed by atoms with van der Waals surface area (Å²) in [5.41, 5.74) is -0.476. The van der Waals surface area contributed by atoms with Crippen molar-refractivity contribution in [3.8, 4) is 11.5 Å². The van der Waals surface area contributed by atoms with Gasteiger partial charge in [0.25, 0.3) is 0 Å². The summed E-state index contributed by atoms with van der Waals surface area (Å²) in [5.74, 6) is -5.09. The normalized spacial score (nSPS) is 33.9. The molecule has 220 valence electrons. The standard InChI is InChI=1S/C31H50N2O6/c1-3-5-7-9-11-15-29(34)32-26(24-33(36)19-13-14-20-33)31(39-30(35)16-12-10-8-6-4-2)25-17-18-27-28(23-25)38-22-21-37-27/h17-18,23,26,31H,3-16,19-22,24H2,1-2H3,(H,32,34)/t26-,31-/m1/s1/i1D3,2D3,3D2,4D2,5D2,6D2,7D2,8D2,9D2,10D2,11D2,12D2,15D2,16D2. The molecule has 1 fully saturated rings. The van der Waals surface area contributed by atoms with Crippen molar-refractivity contribution in [3.05, 3.63) is 29.0 Å². The molecule has 2 heterocycles. The Kier molecular flexibility index (Phi) is 4.24. The van der Waals surface area contributed by atoms with E-state index >= 15 is 0 Å². The first kappa shape index (κ1) is 9.90. The van der Waals surface area contributed by atoms with Crippen molar-refractivity contribution in [2.24, 2.45) is 0 Å². The van der Waals surface area contributed by atoms with Crippen LogP contribution in [0.4, 0.5) is 0 Å². The van der Waals surface area contributed by atoms with Gasteiger partial charge in [-0.15, -0.1) is 0 Å². The number of nitrogens with zero attached hydrogens (tertiary/aromatic N) is 1. The van der Waals surface area contributed by atoms with E-state index < -0.39 is 131 Å². The van der Waals surface area contributed by atoms with E-state index in [0.717, 1.165) is 18.2 Å². The van der Waals surface area contributed by atoms with E-state index in [4.69, 9.17) is 55.3 Å². The summed E-state index contributed by atoms with van der Waals surface area (Å²) in [4.78, 5) is 28.3. The fourth-order valence-electron chi connectivity index (χ4n) is 4.00. The van der Waals surface area contributed by atoms with Gasteiger partial charge in [-0.2, -0.15) is 0 Å². The van der Waals surface area contributed by atoms with Gasteiger partial charge in [0.05, 0.1) is 13.1 Å². The molecular weight excluding hydrogens is 496 g/mol. The van der Waals surface area contributed by atoms with Crippen LogP contribution in [0.3, 0.4) is 0 Å². The molecule has 8 heteroatoms. The molecule has 0 saturated carbocycles. The van der Waals surface area contributed by atoms with Gasteiger partial charge < -0.3 is 29.4 Å². The summed E-state index contributed by atoms with van der Waals surface area (Å²) in [6, 6.07) is 0.804. The molecule has 39 heavy (non-hydrogen) atoms. The van der Waals surface area contributed by atoms with Crippen molar-refractivity contribution in [2.45, 2.75) is 115 Å². The second-order valence-corrected chi connectivity index (χ2v) is 8.20. The molecule has 0 unspecified atom stereocenters. The number of likely N-dealkylation sites (tertiary alicyclic amines) is 1. The molecule has 0 bridgehead atoms. The average Bonchev–Trinajstić information content (AvgIpc) is 3.63. The van der Waals surface area contributed by atoms with Gasteiger partial charge in [0.2, 0.25) is 5.91 Å². The van der Waals surface area contributed by atoms with E-state index in [1.807, 2.05) is 5.32 Å². The zero-order valence-corrected chi connectivity index (χ0v) is 20.7. The summed E-state index contributed by atoms with van der Waals surface area (Å²) in [6.45, 7) is -9.91. The van der Waals surface area contributed by atoms with Crippen LogP contribution in [0, 0.1) is 5.21 Å². The minimum absolute atomic E-state index is 0.000391. The predicted molar refractivity (Wildman–Crippen MR) is 152 cm³/mol. The fourth-order valence-corrected chi connectivity index (χ4v) is 4.00. The Balaban J connectivity index is 2.29. The van der Waals surface area contributed by atoms with Gasteiger partial charge in [0.15, 0.2) is 17.6 Å². The third-order valence-corrected chi connectivity index (χ3v) is 5.56. The van der Waals surface area contributed by atoms with Crippen molar-refractivity contribution in [3.63, 3.8) is 0 Å². The summed E-state index contributed by atoms with van der Waals surface area (Å²) >= 11 is 0. The first-order valence-corrected chi connectivity index (χ1v) is 11.8. The smallest absolute Gasteiger partial charge is 0.306 e. The number of hydrogen-bond acceptors (Lipinski definition) is 6. The van der Waals surface area contributed by atoms with Gasteiger partial charge in [-0.1, -0.05) is 70.8 Å². The SMILES string of the molecule is [2H]C([2H])([2H])C([2H])([2H])C([2H])([2H])C([2H])([2H])C([2H])([2H])C([2H])([2H])C([2H])([2H])C(=O)N[C@H](C[N+]1([O-])CCCC1)[C@H](OC(=O)C([2H])([2H])C([2H])([2H])C([2H])([2H])C([2H])([2H])C([2H])([2H])C([2H])([2H])C([2H])([2H])[2H])c1ccc2c(c1)OCCO2.